The van der Waals surface area contributed by atoms with Gasteiger partial charge >= 0.3 is 0 Å². The molecule has 3 nitrogen and oxygen atoms in total. The summed E-state index contributed by atoms with van der Waals surface area (Å²) in [5, 5.41) is 2.33. The second kappa shape index (κ2) is 5.34. The Hall–Kier alpha value is -2.73. The number of aromatic nitrogens is 2. The molecule has 0 aliphatic carbocycles. The number of terminal acetylenes is 1. The zero-order valence-electron chi connectivity index (χ0n) is 12.0. The number of nitrogens with two attached hydrogens (primary N) is 1. The normalized spacial score (nSPS) is 10.7. The van der Waals surface area contributed by atoms with Gasteiger partial charge in [-0.15, -0.1) is 6.42 Å². The first kappa shape index (κ1) is 13.3. The molecule has 1 heterocycles. The number of rotatable bonds is 3. The maximum Gasteiger partial charge on any atom is 0.132 e. The Morgan fingerprint density at radius 2 is 1.95 bits per heavy atom. The quantitative estimate of drug-likeness (QED) is 0.744. The lowest BCUT2D eigenvalue weighted by atomic mass is 10.0. The lowest BCUT2D eigenvalue weighted by Crippen LogP contribution is -2.05. The molecule has 104 valence electrons. The van der Waals surface area contributed by atoms with Crippen LogP contribution in [-0.2, 0) is 13.0 Å². The van der Waals surface area contributed by atoms with E-state index in [1.54, 1.807) is 0 Å². The number of aryl methyl sites for hydroxylation is 1. The van der Waals surface area contributed by atoms with E-state index >= 15 is 0 Å². The Morgan fingerprint density at radius 1 is 1.19 bits per heavy atom. The summed E-state index contributed by atoms with van der Waals surface area (Å²) in [6.07, 6.45) is 6.24. The van der Waals surface area contributed by atoms with E-state index in [0.717, 1.165) is 28.9 Å². The summed E-state index contributed by atoms with van der Waals surface area (Å²) < 4.78 is 1.91. The van der Waals surface area contributed by atoms with E-state index in [0.29, 0.717) is 12.4 Å². The smallest absolute Gasteiger partial charge is 0.132 e. The molecular weight excluding hydrogens is 258 g/mol. The van der Waals surface area contributed by atoms with Crippen LogP contribution in [-0.4, -0.2) is 9.55 Å². The summed E-state index contributed by atoms with van der Waals surface area (Å²) in [7, 11) is 0. The van der Waals surface area contributed by atoms with Gasteiger partial charge in [0.2, 0.25) is 0 Å². The lowest BCUT2D eigenvalue weighted by molar-refractivity contribution is 0.769. The monoisotopic (exact) mass is 275 g/mol. The Bertz CT molecular complexity index is 832. The molecule has 3 aromatic rings. The summed E-state index contributed by atoms with van der Waals surface area (Å²) in [5.74, 6) is 4.21. The Labute approximate surface area is 124 Å². The third kappa shape index (κ3) is 2.15. The number of nitrogens with zero attached hydrogens (tertiary/aromatic N) is 2. The van der Waals surface area contributed by atoms with E-state index in [1.807, 2.05) is 22.8 Å². The second-order valence-corrected chi connectivity index (χ2v) is 4.93. The molecule has 0 amide bonds. The van der Waals surface area contributed by atoms with Crippen molar-refractivity contribution in [2.75, 3.05) is 5.73 Å². The van der Waals surface area contributed by atoms with Gasteiger partial charge in [-0.1, -0.05) is 55.3 Å². The molecule has 0 saturated heterocycles. The first-order valence-corrected chi connectivity index (χ1v) is 7.02. The Morgan fingerprint density at radius 3 is 2.71 bits per heavy atom. The van der Waals surface area contributed by atoms with Crippen LogP contribution in [0, 0.1) is 12.3 Å². The molecule has 2 aromatic carbocycles. The molecule has 0 atom stereocenters. The molecule has 0 unspecified atom stereocenters. The van der Waals surface area contributed by atoms with E-state index in [2.05, 4.69) is 37.1 Å². The second-order valence-electron chi connectivity index (χ2n) is 4.93. The largest absolute Gasteiger partial charge is 0.383 e. The summed E-state index contributed by atoms with van der Waals surface area (Å²) in [6, 6.07) is 14.4. The van der Waals surface area contributed by atoms with Crippen molar-refractivity contribution in [3.63, 3.8) is 0 Å². The van der Waals surface area contributed by atoms with Gasteiger partial charge in [-0.05, 0) is 10.8 Å². The Balaban J connectivity index is 2.27. The van der Waals surface area contributed by atoms with E-state index in [4.69, 9.17) is 17.1 Å². The summed E-state index contributed by atoms with van der Waals surface area (Å²) in [4.78, 5) is 4.71. The fourth-order valence-corrected chi connectivity index (χ4v) is 2.68. The minimum atomic E-state index is 0.451. The number of fused-ring (bicyclic) bond motifs is 1. The molecule has 0 bridgehead atoms. The highest BCUT2D eigenvalue weighted by Gasteiger charge is 2.16. The van der Waals surface area contributed by atoms with Crippen LogP contribution in [0.25, 0.3) is 22.0 Å². The summed E-state index contributed by atoms with van der Waals surface area (Å²) in [5.41, 5.74) is 8.16. The lowest BCUT2D eigenvalue weighted by Gasteiger charge is -2.06. The van der Waals surface area contributed by atoms with E-state index < -0.39 is 0 Å². The summed E-state index contributed by atoms with van der Waals surface area (Å²) >= 11 is 0. The molecule has 1 aromatic heterocycles. The zero-order valence-corrected chi connectivity index (χ0v) is 12.0. The highest BCUT2D eigenvalue weighted by atomic mass is 15.1. The van der Waals surface area contributed by atoms with Gasteiger partial charge in [0.25, 0.3) is 0 Å². The van der Waals surface area contributed by atoms with Crippen LogP contribution in [0.2, 0.25) is 0 Å². The molecule has 0 radical (unpaired) electrons. The van der Waals surface area contributed by atoms with Crippen LogP contribution in [0.3, 0.4) is 0 Å². The van der Waals surface area contributed by atoms with Gasteiger partial charge in [0.05, 0.1) is 6.54 Å². The van der Waals surface area contributed by atoms with Crippen LogP contribution in [0.5, 0.6) is 0 Å². The van der Waals surface area contributed by atoms with Crippen molar-refractivity contribution in [1.82, 2.24) is 9.55 Å². The van der Waals surface area contributed by atoms with Crippen molar-refractivity contribution in [3.05, 3.63) is 48.3 Å². The molecule has 0 aliphatic heterocycles. The zero-order chi connectivity index (χ0) is 14.8. The number of hydrogen-bond acceptors (Lipinski definition) is 2. The van der Waals surface area contributed by atoms with Crippen LogP contribution in [0.4, 0.5) is 5.82 Å². The fourth-order valence-electron chi connectivity index (χ4n) is 2.68. The third-order valence-electron chi connectivity index (χ3n) is 3.70. The van der Waals surface area contributed by atoms with Crippen molar-refractivity contribution in [3.8, 4) is 23.6 Å². The highest BCUT2D eigenvalue weighted by Crippen LogP contribution is 2.32. The predicted octanol–water partition coefficient (Wildman–Crippen LogP) is 3.48. The van der Waals surface area contributed by atoms with E-state index in [-0.39, 0.29) is 0 Å². The average molecular weight is 275 g/mol. The Kier molecular flexibility index (Phi) is 3.37. The molecule has 0 saturated carbocycles. The average Bonchev–Trinajstić information content (AvgIpc) is 2.84. The number of imidazole rings is 1. The highest BCUT2D eigenvalue weighted by molar-refractivity contribution is 5.97. The van der Waals surface area contributed by atoms with Crippen molar-refractivity contribution in [2.45, 2.75) is 19.9 Å². The van der Waals surface area contributed by atoms with Crippen molar-refractivity contribution < 1.29 is 0 Å². The van der Waals surface area contributed by atoms with Gasteiger partial charge < -0.3 is 10.3 Å². The first-order valence-electron chi connectivity index (χ1n) is 7.02. The third-order valence-corrected chi connectivity index (χ3v) is 3.70. The molecule has 0 aliphatic rings. The minimum absolute atomic E-state index is 0.451. The van der Waals surface area contributed by atoms with Crippen LogP contribution in [0.15, 0.2) is 42.5 Å². The molecule has 3 rings (SSSR count). The molecular formula is C18H17N3. The van der Waals surface area contributed by atoms with Crippen molar-refractivity contribution in [1.29, 1.82) is 0 Å². The number of benzene rings is 2. The number of hydrogen-bond donors (Lipinski definition) is 1. The topological polar surface area (TPSA) is 43.8 Å². The molecule has 0 spiro atoms. The first-order chi connectivity index (χ1) is 10.3. The van der Waals surface area contributed by atoms with Gasteiger partial charge in [0, 0.05) is 12.0 Å². The minimum Gasteiger partial charge on any atom is -0.383 e. The van der Waals surface area contributed by atoms with Gasteiger partial charge in [0.15, 0.2) is 0 Å². The molecule has 0 fully saturated rings. The maximum absolute atomic E-state index is 6.29. The fraction of sp³-hybridized carbons (Fsp3) is 0.167. The maximum atomic E-state index is 6.29. The van der Waals surface area contributed by atoms with E-state index in [9.17, 15) is 0 Å². The number of anilines is 1. The van der Waals surface area contributed by atoms with Crippen LogP contribution < -0.4 is 5.73 Å². The van der Waals surface area contributed by atoms with Crippen molar-refractivity contribution in [2.24, 2.45) is 0 Å². The van der Waals surface area contributed by atoms with Gasteiger partial charge in [0.1, 0.15) is 17.3 Å². The predicted molar refractivity (Wildman–Crippen MR) is 87.8 cm³/mol. The van der Waals surface area contributed by atoms with Gasteiger partial charge in [-0.3, -0.25) is 0 Å². The SMILES string of the molecule is C#CCn1c(CC)nc(-c2cccc3ccccc23)c1N. The van der Waals surface area contributed by atoms with Crippen LogP contribution >= 0.6 is 0 Å². The van der Waals surface area contributed by atoms with E-state index in [1.165, 1.54) is 5.39 Å². The standard InChI is InChI=1S/C18H17N3/c1-3-12-21-16(4-2)20-17(18(21)19)15-11-7-9-13-8-5-6-10-14(13)15/h1,5-11H,4,12,19H2,2H3. The van der Waals surface area contributed by atoms with Crippen LogP contribution in [0.1, 0.15) is 12.7 Å². The summed E-state index contributed by atoms with van der Waals surface area (Å²) in [6.45, 7) is 2.51. The molecule has 21 heavy (non-hydrogen) atoms. The van der Waals surface area contributed by atoms with Crippen molar-refractivity contribution >= 4 is 16.6 Å². The van der Waals surface area contributed by atoms with Gasteiger partial charge in [-0.25, -0.2) is 4.98 Å². The molecule has 3 heteroatoms. The van der Waals surface area contributed by atoms with Gasteiger partial charge in [-0.2, -0.15) is 0 Å². The molecule has 2 N–H and O–H groups in total. The number of nitrogen functional groups attached to an aromatic ring is 1.